The molecular weight excluding hydrogens is 550 g/mol. The van der Waals surface area contributed by atoms with E-state index in [0.717, 1.165) is 16.7 Å². The van der Waals surface area contributed by atoms with E-state index in [9.17, 15) is 4.79 Å². The third kappa shape index (κ3) is 6.51. The standard InChI is InChI=1S/C33H33N3O5S/c1-42-33-34-30-26(31(37)35-33)17-18-36(30)32-29(40-21-25-15-9-4-10-16-25)28(39-20-24-13-7-3-8-14-24)27(41-32)22-38-19-23-11-5-2-6-12-23/h2-18,27-29,32H,19-22H2,1H3,(H,34,35,37)/t27-,28-,29+,32-/m1/s1. The van der Waals surface area contributed by atoms with E-state index < -0.39 is 24.5 Å². The number of aromatic nitrogens is 3. The first-order chi connectivity index (χ1) is 20.7. The molecule has 4 atom stereocenters. The van der Waals surface area contributed by atoms with Crippen molar-refractivity contribution in [1.82, 2.24) is 14.5 Å². The van der Waals surface area contributed by atoms with Crippen molar-refractivity contribution in [2.75, 3.05) is 12.9 Å². The van der Waals surface area contributed by atoms with Gasteiger partial charge in [-0.25, -0.2) is 4.98 Å². The predicted octanol–water partition coefficient (Wildman–Crippen LogP) is 5.73. The number of hydrogen-bond acceptors (Lipinski definition) is 7. The molecule has 0 radical (unpaired) electrons. The van der Waals surface area contributed by atoms with Crippen molar-refractivity contribution >= 4 is 22.8 Å². The van der Waals surface area contributed by atoms with Crippen LogP contribution >= 0.6 is 11.8 Å². The Hall–Kier alpha value is -3.73. The number of nitrogens with zero attached hydrogens (tertiary/aromatic N) is 2. The van der Waals surface area contributed by atoms with Gasteiger partial charge >= 0.3 is 0 Å². The number of hydrogen-bond donors (Lipinski definition) is 1. The van der Waals surface area contributed by atoms with Gasteiger partial charge in [0.05, 0.1) is 31.8 Å². The Kier molecular flexibility index (Phi) is 9.12. The highest BCUT2D eigenvalue weighted by atomic mass is 32.2. The number of H-pyrrole nitrogens is 1. The normalized spacial score (nSPS) is 20.3. The van der Waals surface area contributed by atoms with E-state index in [4.69, 9.17) is 23.9 Å². The number of nitrogens with one attached hydrogen (secondary N) is 1. The van der Waals surface area contributed by atoms with Gasteiger partial charge in [-0.2, -0.15) is 0 Å². The molecule has 0 bridgehead atoms. The Balaban J connectivity index is 1.32. The Morgan fingerprint density at radius 2 is 1.38 bits per heavy atom. The van der Waals surface area contributed by atoms with Gasteiger partial charge in [0.1, 0.15) is 18.3 Å². The monoisotopic (exact) mass is 583 g/mol. The summed E-state index contributed by atoms with van der Waals surface area (Å²) in [5.41, 5.74) is 3.51. The average molecular weight is 584 g/mol. The molecule has 1 saturated heterocycles. The second kappa shape index (κ2) is 13.5. The molecule has 8 nitrogen and oxygen atoms in total. The lowest BCUT2D eigenvalue weighted by molar-refractivity contribution is -0.0913. The summed E-state index contributed by atoms with van der Waals surface area (Å²) in [6.45, 7) is 1.52. The number of benzene rings is 3. The predicted molar refractivity (Wildman–Crippen MR) is 162 cm³/mol. The molecule has 216 valence electrons. The van der Waals surface area contributed by atoms with E-state index in [1.165, 1.54) is 11.8 Å². The zero-order valence-electron chi connectivity index (χ0n) is 23.3. The van der Waals surface area contributed by atoms with Crippen LogP contribution in [0.1, 0.15) is 22.9 Å². The molecule has 42 heavy (non-hydrogen) atoms. The SMILES string of the molecule is CSc1nc2c(ccn2[C@@H]2O[C@H](COCc3ccccc3)[C@@H](OCc3ccccc3)[C@@H]2OCc2ccccc2)c(=O)[nH]1. The first kappa shape index (κ1) is 28.4. The third-order valence-electron chi connectivity index (χ3n) is 7.28. The summed E-state index contributed by atoms with van der Waals surface area (Å²) in [4.78, 5) is 20.4. The summed E-state index contributed by atoms with van der Waals surface area (Å²) < 4.78 is 27.9. The van der Waals surface area contributed by atoms with E-state index in [-0.39, 0.29) is 5.56 Å². The zero-order chi connectivity index (χ0) is 28.7. The first-order valence-electron chi connectivity index (χ1n) is 13.9. The van der Waals surface area contributed by atoms with Gasteiger partial charge in [-0.05, 0) is 29.0 Å². The molecule has 9 heteroatoms. The van der Waals surface area contributed by atoms with E-state index >= 15 is 0 Å². The molecule has 0 saturated carbocycles. The highest BCUT2D eigenvalue weighted by molar-refractivity contribution is 7.98. The van der Waals surface area contributed by atoms with Crippen LogP contribution in [0, 0.1) is 0 Å². The van der Waals surface area contributed by atoms with Gasteiger partial charge in [-0.1, -0.05) is 103 Å². The van der Waals surface area contributed by atoms with E-state index in [2.05, 4.69) is 4.98 Å². The van der Waals surface area contributed by atoms with Crippen molar-refractivity contribution in [3.8, 4) is 0 Å². The Bertz CT molecular complexity index is 1630. The van der Waals surface area contributed by atoms with Crippen molar-refractivity contribution in [3.63, 3.8) is 0 Å². The maximum atomic E-state index is 12.8. The quantitative estimate of drug-likeness (QED) is 0.148. The minimum Gasteiger partial charge on any atom is -0.374 e. The van der Waals surface area contributed by atoms with Crippen LogP contribution in [-0.4, -0.2) is 45.7 Å². The van der Waals surface area contributed by atoms with Gasteiger partial charge in [0.15, 0.2) is 17.0 Å². The molecule has 0 unspecified atom stereocenters. The molecular formula is C33H33N3O5S. The van der Waals surface area contributed by atoms with E-state index in [1.807, 2.05) is 108 Å². The van der Waals surface area contributed by atoms with Crippen LogP contribution in [0.2, 0.25) is 0 Å². The lowest BCUT2D eigenvalue weighted by Crippen LogP contribution is -2.38. The van der Waals surface area contributed by atoms with Crippen LogP contribution in [0.25, 0.3) is 11.0 Å². The van der Waals surface area contributed by atoms with Crippen molar-refractivity contribution < 1.29 is 18.9 Å². The van der Waals surface area contributed by atoms with Crippen LogP contribution in [0.3, 0.4) is 0 Å². The van der Waals surface area contributed by atoms with Crippen molar-refractivity contribution in [2.45, 2.75) is 49.5 Å². The topological polar surface area (TPSA) is 87.6 Å². The van der Waals surface area contributed by atoms with Crippen molar-refractivity contribution in [1.29, 1.82) is 0 Å². The molecule has 1 fully saturated rings. The maximum Gasteiger partial charge on any atom is 0.261 e. The second-order valence-corrected chi connectivity index (χ2v) is 10.9. The fourth-order valence-electron chi connectivity index (χ4n) is 5.17. The molecule has 1 aliphatic heterocycles. The molecule has 6 rings (SSSR count). The summed E-state index contributed by atoms with van der Waals surface area (Å²) in [6.07, 6.45) is 1.73. The van der Waals surface area contributed by atoms with Gasteiger partial charge < -0.3 is 28.5 Å². The minimum absolute atomic E-state index is 0.192. The molecule has 0 spiro atoms. The highest BCUT2D eigenvalue weighted by Crippen LogP contribution is 2.37. The molecule has 3 aromatic carbocycles. The van der Waals surface area contributed by atoms with Crippen LogP contribution in [0.5, 0.6) is 0 Å². The smallest absolute Gasteiger partial charge is 0.261 e. The maximum absolute atomic E-state index is 12.8. The Labute approximate surface area is 248 Å². The number of fused-ring (bicyclic) bond motifs is 1. The third-order valence-corrected chi connectivity index (χ3v) is 7.86. The largest absolute Gasteiger partial charge is 0.374 e. The number of rotatable bonds is 12. The van der Waals surface area contributed by atoms with Crippen LogP contribution in [-0.2, 0) is 38.8 Å². The zero-order valence-corrected chi connectivity index (χ0v) is 24.1. The average Bonchev–Trinajstić information content (AvgIpc) is 3.61. The Morgan fingerprint density at radius 3 is 1.98 bits per heavy atom. The lowest BCUT2D eigenvalue weighted by Gasteiger charge is -2.26. The summed E-state index contributed by atoms with van der Waals surface area (Å²) in [5.74, 6) is 0. The minimum atomic E-state index is -0.596. The second-order valence-electron chi connectivity index (χ2n) is 10.1. The molecule has 2 aromatic heterocycles. The van der Waals surface area contributed by atoms with Crippen LogP contribution in [0.15, 0.2) is 113 Å². The fraction of sp³-hybridized carbons (Fsp3) is 0.273. The molecule has 3 heterocycles. The highest BCUT2D eigenvalue weighted by Gasteiger charge is 2.48. The van der Waals surface area contributed by atoms with Crippen molar-refractivity contribution in [3.05, 3.63) is 130 Å². The fourth-order valence-corrected chi connectivity index (χ4v) is 5.54. The summed E-state index contributed by atoms with van der Waals surface area (Å²) in [6, 6.07) is 31.9. The summed E-state index contributed by atoms with van der Waals surface area (Å²) >= 11 is 1.38. The Morgan fingerprint density at radius 1 is 0.810 bits per heavy atom. The molecule has 5 aromatic rings. The summed E-state index contributed by atoms with van der Waals surface area (Å²) in [5, 5.41) is 1.02. The summed E-state index contributed by atoms with van der Waals surface area (Å²) in [7, 11) is 0. The van der Waals surface area contributed by atoms with Crippen LogP contribution < -0.4 is 5.56 Å². The molecule has 1 aliphatic rings. The molecule has 0 amide bonds. The van der Waals surface area contributed by atoms with Gasteiger partial charge in [0.25, 0.3) is 5.56 Å². The number of thioether (sulfide) groups is 1. The molecule has 0 aliphatic carbocycles. The van der Waals surface area contributed by atoms with E-state index in [0.29, 0.717) is 42.6 Å². The van der Waals surface area contributed by atoms with Gasteiger partial charge in [0.2, 0.25) is 0 Å². The number of aromatic amines is 1. The molecule has 1 N–H and O–H groups in total. The lowest BCUT2D eigenvalue weighted by atomic mass is 10.1. The number of ether oxygens (including phenoxy) is 4. The van der Waals surface area contributed by atoms with Crippen molar-refractivity contribution in [2.24, 2.45) is 0 Å². The van der Waals surface area contributed by atoms with Gasteiger partial charge in [0, 0.05) is 6.20 Å². The van der Waals surface area contributed by atoms with Gasteiger partial charge in [-0.15, -0.1) is 0 Å². The first-order valence-corrected chi connectivity index (χ1v) is 15.1. The van der Waals surface area contributed by atoms with Gasteiger partial charge in [-0.3, -0.25) is 4.79 Å². The van der Waals surface area contributed by atoms with E-state index in [1.54, 1.807) is 6.07 Å². The van der Waals surface area contributed by atoms with Crippen LogP contribution in [0.4, 0.5) is 0 Å².